The van der Waals surface area contributed by atoms with E-state index in [2.05, 4.69) is 78.3 Å². The highest BCUT2D eigenvalue weighted by Gasteiger charge is 2.32. The van der Waals surface area contributed by atoms with Gasteiger partial charge in [0.05, 0.1) is 11.1 Å². The molecule has 1 rings (SSSR count). The molecule has 0 saturated carbocycles. The van der Waals surface area contributed by atoms with E-state index in [1.165, 1.54) is 0 Å². The van der Waals surface area contributed by atoms with Crippen molar-refractivity contribution >= 4 is 23.8 Å². The first-order chi connectivity index (χ1) is 23.0. The standard InChI is InChI=1S/C37H47F3N2O6/c1-3-4-5-6-7-8-9-10-11-12-13-14-15-16-17-18-19-20-21-24-34(44)41-27-22-23-32(36(46)47)42-35(45)31-26-25-30(37(38,39)40)28-33(31)48-29(2)43/h4-5,7-8,10-11,13-14,16-17,19-20,25-26,28,32H,3,6,9,12,15,18,21-24,27H2,1-2H3,(H,41,44)(H,42,45)(H,46,47)/b5-4-,8-7-,11-10-,14-13-,17-16-,20-19-. The van der Waals surface area contributed by atoms with Crippen LogP contribution in [-0.4, -0.2) is 41.4 Å². The third-order valence-corrected chi connectivity index (χ3v) is 6.54. The number of benzene rings is 1. The second-order valence-corrected chi connectivity index (χ2v) is 10.6. The molecular weight excluding hydrogens is 625 g/mol. The molecule has 1 atom stereocenters. The summed E-state index contributed by atoms with van der Waals surface area (Å²) in [5.41, 5.74) is -1.56. The first-order valence-corrected chi connectivity index (χ1v) is 16.1. The van der Waals surface area contributed by atoms with E-state index in [1.54, 1.807) is 0 Å². The lowest BCUT2D eigenvalue weighted by atomic mass is 10.1. The van der Waals surface area contributed by atoms with Gasteiger partial charge in [-0.15, -0.1) is 0 Å². The summed E-state index contributed by atoms with van der Waals surface area (Å²) in [6.07, 6.45) is 27.0. The average Bonchev–Trinajstić information content (AvgIpc) is 3.02. The van der Waals surface area contributed by atoms with Gasteiger partial charge in [-0.3, -0.25) is 14.4 Å². The van der Waals surface area contributed by atoms with Crippen LogP contribution in [0.5, 0.6) is 5.75 Å². The minimum atomic E-state index is -4.74. The van der Waals surface area contributed by atoms with Gasteiger partial charge in [-0.05, 0) is 76.0 Å². The molecule has 0 aliphatic rings. The second kappa shape index (κ2) is 24.5. The Kier molecular flexibility index (Phi) is 21.1. The van der Waals surface area contributed by atoms with E-state index in [0.717, 1.165) is 51.5 Å². The normalized spacial score (nSPS) is 13.0. The summed E-state index contributed by atoms with van der Waals surface area (Å²) in [6.45, 7) is 3.25. The maximum Gasteiger partial charge on any atom is 0.416 e. The van der Waals surface area contributed by atoms with Crippen molar-refractivity contribution in [3.05, 3.63) is 102 Å². The Bertz CT molecular complexity index is 1340. The summed E-state index contributed by atoms with van der Waals surface area (Å²) in [4.78, 5) is 47.8. The van der Waals surface area contributed by atoms with Gasteiger partial charge in [-0.25, -0.2) is 4.79 Å². The summed E-state index contributed by atoms with van der Waals surface area (Å²) < 4.78 is 43.9. The van der Waals surface area contributed by atoms with Crippen molar-refractivity contribution in [1.29, 1.82) is 0 Å². The van der Waals surface area contributed by atoms with E-state index in [4.69, 9.17) is 4.74 Å². The zero-order chi connectivity index (χ0) is 35.6. The average molecular weight is 673 g/mol. The molecule has 11 heteroatoms. The lowest BCUT2D eigenvalue weighted by molar-refractivity contribution is -0.139. The minimum absolute atomic E-state index is 0.0575. The zero-order valence-electron chi connectivity index (χ0n) is 27.6. The Morgan fingerprint density at radius 2 is 1.35 bits per heavy atom. The summed E-state index contributed by atoms with van der Waals surface area (Å²) in [7, 11) is 0. The van der Waals surface area contributed by atoms with Crippen LogP contribution in [0.4, 0.5) is 13.2 Å². The first kappa shape index (κ1) is 41.4. The van der Waals surface area contributed by atoms with Crippen LogP contribution < -0.4 is 15.4 Å². The number of rotatable bonds is 22. The summed E-state index contributed by atoms with van der Waals surface area (Å²) in [5.74, 6) is -4.19. The smallest absolute Gasteiger partial charge is 0.416 e. The zero-order valence-corrected chi connectivity index (χ0v) is 27.6. The number of alkyl halides is 3. The van der Waals surface area contributed by atoms with Crippen LogP contribution in [0, 0.1) is 0 Å². The van der Waals surface area contributed by atoms with Crippen LogP contribution in [0.25, 0.3) is 0 Å². The number of carbonyl (C=O) groups is 4. The largest absolute Gasteiger partial charge is 0.480 e. The van der Waals surface area contributed by atoms with Crippen molar-refractivity contribution in [3.8, 4) is 5.75 Å². The van der Waals surface area contributed by atoms with E-state index in [0.29, 0.717) is 18.6 Å². The fraction of sp³-hybridized carbons (Fsp3) is 0.405. The van der Waals surface area contributed by atoms with Gasteiger partial charge in [0.2, 0.25) is 5.91 Å². The molecule has 1 aromatic carbocycles. The number of esters is 1. The van der Waals surface area contributed by atoms with Gasteiger partial charge >= 0.3 is 18.1 Å². The molecule has 262 valence electrons. The molecule has 0 spiro atoms. The molecule has 0 saturated heterocycles. The number of hydrogen-bond acceptors (Lipinski definition) is 5. The van der Waals surface area contributed by atoms with E-state index < -0.39 is 46.9 Å². The lowest BCUT2D eigenvalue weighted by Crippen LogP contribution is -2.41. The second-order valence-electron chi connectivity index (χ2n) is 10.6. The predicted octanol–water partition coefficient (Wildman–Crippen LogP) is 8.19. The minimum Gasteiger partial charge on any atom is -0.480 e. The topological polar surface area (TPSA) is 122 Å². The van der Waals surface area contributed by atoms with Crippen LogP contribution in [-0.2, 0) is 20.6 Å². The summed E-state index contributed by atoms with van der Waals surface area (Å²) in [6, 6.07) is 0.559. The molecule has 1 aromatic rings. The van der Waals surface area contributed by atoms with E-state index in [1.807, 2.05) is 12.2 Å². The van der Waals surface area contributed by atoms with Gasteiger partial charge < -0.3 is 20.5 Å². The van der Waals surface area contributed by atoms with Crippen molar-refractivity contribution in [2.75, 3.05) is 6.54 Å². The Morgan fingerprint density at radius 1 is 0.833 bits per heavy atom. The Labute approximate surface area is 281 Å². The summed E-state index contributed by atoms with van der Waals surface area (Å²) in [5, 5.41) is 14.4. The molecule has 0 aliphatic heterocycles. The Hall–Kier alpha value is -4.67. The number of hydrogen-bond donors (Lipinski definition) is 3. The number of carboxylic acid groups (broad SMARTS) is 1. The van der Waals surface area contributed by atoms with Crippen molar-refractivity contribution in [3.63, 3.8) is 0 Å². The summed E-state index contributed by atoms with van der Waals surface area (Å²) >= 11 is 0. The molecule has 48 heavy (non-hydrogen) atoms. The highest BCUT2D eigenvalue weighted by molar-refractivity contribution is 5.99. The van der Waals surface area contributed by atoms with E-state index in [-0.39, 0.29) is 31.7 Å². The van der Waals surface area contributed by atoms with Gasteiger partial charge in [0.1, 0.15) is 11.8 Å². The Morgan fingerprint density at radius 3 is 1.83 bits per heavy atom. The van der Waals surface area contributed by atoms with Crippen molar-refractivity contribution in [2.24, 2.45) is 0 Å². The molecule has 3 N–H and O–H groups in total. The molecule has 8 nitrogen and oxygen atoms in total. The number of halogens is 3. The van der Waals surface area contributed by atoms with Gasteiger partial charge in [-0.1, -0.05) is 79.8 Å². The number of ether oxygens (including phenoxy) is 1. The predicted molar refractivity (Wildman–Crippen MR) is 181 cm³/mol. The number of carbonyl (C=O) groups excluding carboxylic acids is 3. The molecule has 0 aromatic heterocycles. The number of aliphatic carboxylic acids is 1. The number of nitrogens with one attached hydrogen (secondary N) is 2. The quantitative estimate of drug-likeness (QED) is 0.0494. The SMILES string of the molecule is CC/C=C\C/C=C\C/C=C\C/C=C\C/C=C\C/C=C\CCC(=O)NCCCC(NC(=O)c1ccc(C(F)(F)F)cc1OC(C)=O)C(=O)O. The molecule has 0 radical (unpaired) electrons. The molecule has 0 heterocycles. The van der Waals surface area contributed by atoms with E-state index >= 15 is 0 Å². The highest BCUT2D eigenvalue weighted by atomic mass is 19.4. The fourth-order valence-electron chi connectivity index (χ4n) is 4.10. The maximum atomic E-state index is 13.1. The van der Waals surface area contributed by atoms with Crippen LogP contribution in [0.3, 0.4) is 0 Å². The van der Waals surface area contributed by atoms with Crippen molar-refractivity contribution in [2.45, 2.75) is 90.3 Å². The number of carboxylic acids is 1. The highest BCUT2D eigenvalue weighted by Crippen LogP contribution is 2.33. The molecule has 0 fully saturated rings. The van der Waals surface area contributed by atoms with Crippen LogP contribution in [0.2, 0.25) is 0 Å². The van der Waals surface area contributed by atoms with Gasteiger partial charge in [0, 0.05) is 19.9 Å². The molecular formula is C37H47F3N2O6. The van der Waals surface area contributed by atoms with Gasteiger partial charge in [-0.2, -0.15) is 13.2 Å². The van der Waals surface area contributed by atoms with Gasteiger partial charge in [0.15, 0.2) is 0 Å². The Balaban J connectivity index is 2.31. The maximum absolute atomic E-state index is 13.1. The molecule has 2 amide bonds. The fourth-order valence-corrected chi connectivity index (χ4v) is 4.10. The molecule has 1 unspecified atom stereocenters. The van der Waals surface area contributed by atoms with E-state index in [9.17, 15) is 37.5 Å². The van der Waals surface area contributed by atoms with Crippen LogP contribution in [0.15, 0.2) is 91.1 Å². The number of amides is 2. The van der Waals surface area contributed by atoms with Crippen LogP contribution in [0.1, 0.15) is 94.0 Å². The number of allylic oxidation sites excluding steroid dienone is 12. The first-order valence-electron chi connectivity index (χ1n) is 16.1. The molecule has 0 bridgehead atoms. The third-order valence-electron chi connectivity index (χ3n) is 6.54. The molecule has 0 aliphatic carbocycles. The van der Waals surface area contributed by atoms with Gasteiger partial charge in [0.25, 0.3) is 5.91 Å². The monoisotopic (exact) mass is 672 g/mol. The lowest BCUT2D eigenvalue weighted by Gasteiger charge is -2.17. The van der Waals surface area contributed by atoms with Crippen molar-refractivity contribution < 1.29 is 42.2 Å². The third kappa shape index (κ3) is 19.8. The van der Waals surface area contributed by atoms with Crippen molar-refractivity contribution in [1.82, 2.24) is 10.6 Å². The van der Waals surface area contributed by atoms with Crippen LogP contribution >= 0.6 is 0 Å².